The molecule has 0 aromatic heterocycles. The summed E-state index contributed by atoms with van der Waals surface area (Å²) in [6.45, 7) is 9.54. The van der Waals surface area contributed by atoms with Gasteiger partial charge in [-0.2, -0.15) is 0 Å². The van der Waals surface area contributed by atoms with Crippen molar-refractivity contribution in [3.63, 3.8) is 0 Å². The molecule has 1 heterocycles. The lowest BCUT2D eigenvalue weighted by atomic mass is 9.69. The largest absolute Gasteiger partial charge is 0.332 e. The molecule has 19 heavy (non-hydrogen) atoms. The van der Waals surface area contributed by atoms with E-state index in [-0.39, 0.29) is 11.8 Å². The first-order chi connectivity index (χ1) is 8.57. The molecule has 0 aromatic rings. The molecule has 1 aliphatic rings. The molecule has 0 bridgehead atoms. The van der Waals surface area contributed by atoms with E-state index in [1.165, 1.54) is 14.1 Å². The van der Waals surface area contributed by atoms with Crippen LogP contribution in [0.4, 0.5) is 4.79 Å². The monoisotopic (exact) mass is 266 g/mol. The molecule has 106 valence electrons. The summed E-state index contributed by atoms with van der Waals surface area (Å²) in [6.07, 6.45) is 2.19. The molecule has 0 unspecified atom stereocenters. The summed E-state index contributed by atoms with van der Waals surface area (Å²) in [4.78, 5) is 38.8. The Morgan fingerprint density at radius 1 is 1.11 bits per heavy atom. The summed E-state index contributed by atoms with van der Waals surface area (Å²) < 4.78 is 0. The van der Waals surface area contributed by atoms with Gasteiger partial charge in [-0.25, -0.2) is 4.79 Å². The predicted octanol–water partition coefficient (Wildman–Crippen LogP) is 2.04. The molecule has 1 rings (SSSR count). The van der Waals surface area contributed by atoms with Crippen LogP contribution in [0.15, 0.2) is 12.7 Å². The second-order valence-electron chi connectivity index (χ2n) is 6.32. The highest BCUT2D eigenvalue weighted by Gasteiger charge is 2.55. The Labute approximate surface area is 114 Å². The molecule has 5 nitrogen and oxygen atoms in total. The normalized spacial score (nSPS) is 19.9. The fourth-order valence-corrected chi connectivity index (χ4v) is 2.68. The van der Waals surface area contributed by atoms with Crippen molar-refractivity contribution in [2.75, 3.05) is 14.1 Å². The van der Waals surface area contributed by atoms with Crippen LogP contribution in [-0.2, 0) is 9.59 Å². The summed E-state index contributed by atoms with van der Waals surface area (Å²) in [6, 6.07) is -0.580. The minimum absolute atomic E-state index is 0.212. The number of carbonyl (C=O) groups is 3. The van der Waals surface area contributed by atoms with Gasteiger partial charge < -0.3 is 0 Å². The molecule has 0 saturated carbocycles. The SMILES string of the molecule is C=CCC1(CC(C)(C)C)C(=O)N(C)C(=O)N(C)C1=O. The van der Waals surface area contributed by atoms with Gasteiger partial charge >= 0.3 is 6.03 Å². The Bertz CT molecular complexity index is 410. The van der Waals surface area contributed by atoms with E-state index in [4.69, 9.17) is 0 Å². The molecule has 0 atom stereocenters. The summed E-state index contributed by atoms with van der Waals surface area (Å²) in [7, 11) is 2.82. The number of urea groups is 1. The minimum Gasteiger partial charge on any atom is -0.273 e. The van der Waals surface area contributed by atoms with Gasteiger partial charge in [0, 0.05) is 14.1 Å². The van der Waals surface area contributed by atoms with E-state index in [9.17, 15) is 14.4 Å². The summed E-state index contributed by atoms with van der Waals surface area (Å²) >= 11 is 0. The van der Waals surface area contributed by atoms with Crippen molar-refractivity contribution in [3.8, 4) is 0 Å². The summed E-state index contributed by atoms with van der Waals surface area (Å²) in [5, 5.41) is 0. The van der Waals surface area contributed by atoms with Gasteiger partial charge in [-0.1, -0.05) is 26.8 Å². The zero-order chi connectivity index (χ0) is 15.0. The highest BCUT2D eigenvalue weighted by atomic mass is 16.2. The van der Waals surface area contributed by atoms with E-state index in [1.807, 2.05) is 20.8 Å². The van der Waals surface area contributed by atoms with Crippen LogP contribution >= 0.6 is 0 Å². The lowest BCUT2D eigenvalue weighted by Crippen LogP contribution is -2.63. The topological polar surface area (TPSA) is 57.7 Å². The highest BCUT2D eigenvalue weighted by Crippen LogP contribution is 2.42. The van der Waals surface area contributed by atoms with Crippen molar-refractivity contribution in [3.05, 3.63) is 12.7 Å². The number of rotatable bonds is 3. The van der Waals surface area contributed by atoms with Crippen molar-refractivity contribution in [2.45, 2.75) is 33.6 Å². The maximum Gasteiger partial charge on any atom is 0.332 e. The van der Waals surface area contributed by atoms with Crippen LogP contribution in [0.3, 0.4) is 0 Å². The van der Waals surface area contributed by atoms with Gasteiger partial charge in [0.1, 0.15) is 5.41 Å². The average molecular weight is 266 g/mol. The van der Waals surface area contributed by atoms with Gasteiger partial charge in [-0.05, 0) is 18.3 Å². The number of amides is 4. The number of hydrogen-bond acceptors (Lipinski definition) is 3. The quantitative estimate of drug-likeness (QED) is 0.580. The van der Waals surface area contributed by atoms with Crippen LogP contribution in [0, 0.1) is 10.8 Å². The molecule has 0 aromatic carbocycles. The first-order valence-electron chi connectivity index (χ1n) is 6.28. The van der Waals surface area contributed by atoms with E-state index < -0.39 is 23.3 Å². The van der Waals surface area contributed by atoms with Crippen molar-refractivity contribution in [1.29, 1.82) is 0 Å². The maximum absolute atomic E-state index is 12.5. The Morgan fingerprint density at radius 3 is 1.84 bits per heavy atom. The third kappa shape index (κ3) is 2.55. The fraction of sp³-hybridized carbons (Fsp3) is 0.643. The Morgan fingerprint density at radius 2 is 1.53 bits per heavy atom. The molecule has 0 aliphatic carbocycles. The van der Waals surface area contributed by atoms with Gasteiger partial charge in [0.15, 0.2) is 0 Å². The second kappa shape index (κ2) is 4.79. The molecule has 1 aliphatic heterocycles. The molecule has 0 spiro atoms. The van der Waals surface area contributed by atoms with Crippen LogP contribution in [0.5, 0.6) is 0 Å². The fourth-order valence-electron chi connectivity index (χ4n) is 2.68. The Hall–Kier alpha value is -1.65. The summed E-state index contributed by atoms with van der Waals surface area (Å²) in [5.74, 6) is -0.870. The van der Waals surface area contributed by atoms with Crippen LogP contribution in [0.1, 0.15) is 33.6 Å². The molecule has 0 N–H and O–H groups in total. The van der Waals surface area contributed by atoms with Gasteiger partial charge in [-0.15, -0.1) is 6.58 Å². The highest BCUT2D eigenvalue weighted by molar-refractivity contribution is 6.18. The number of barbiturate groups is 1. The first kappa shape index (κ1) is 15.4. The average Bonchev–Trinajstić information content (AvgIpc) is 2.30. The molecule has 1 fully saturated rings. The third-order valence-electron chi connectivity index (χ3n) is 3.33. The van der Waals surface area contributed by atoms with Crippen LogP contribution in [0.2, 0.25) is 0 Å². The predicted molar refractivity (Wildman–Crippen MR) is 72.3 cm³/mol. The van der Waals surface area contributed by atoms with Crippen LogP contribution in [0.25, 0.3) is 0 Å². The van der Waals surface area contributed by atoms with E-state index in [0.717, 1.165) is 9.80 Å². The van der Waals surface area contributed by atoms with Gasteiger partial charge in [0.05, 0.1) is 0 Å². The maximum atomic E-state index is 12.5. The van der Waals surface area contributed by atoms with Crippen molar-refractivity contribution < 1.29 is 14.4 Å². The van der Waals surface area contributed by atoms with E-state index in [1.54, 1.807) is 6.08 Å². The first-order valence-corrected chi connectivity index (χ1v) is 6.28. The number of carbonyl (C=O) groups excluding carboxylic acids is 3. The molecular weight excluding hydrogens is 244 g/mol. The van der Waals surface area contributed by atoms with Gasteiger partial charge in [0.2, 0.25) is 11.8 Å². The molecule has 5 heteroatoms. The minimum atomic E-state index is -1.21. The third-order valence-corrected chi connectivity index (χ3v) is 3.33. The van der Waals surface area contributed by atoms with Crippen molar-refractivity contribution >= 4 is 17.8 Å². The van der Waals surface area contributed by atoms with Crippen LogP contribution < -0.4 is 0 Å². The number of nitrogens with zero attached hydrogens (tertiary/aromatic N) is 2. The molecule has 0 radical (unpaired) electrons. The molecule has 1 saturated heterocycles. The standard InChI is InChI=1S/C14H22N2O3/c1-7-8-14(9-13(2,3)4)10(17)15(5)12(19)16(6)11(14)18/h7H,1,8-9H2,2-6H3. The van der Waals surface area contributed by atoms with E-state index in [0.29, 0.717) is 6.42 Å². The van der Waals surface area contributed by atoms with Gasteiger partial charge in [0.25, 0.3) is 0 Å². The van der Waals surface area contributed by atoms with Crippen molar-refractivity contribution in [2.24, 2.45) is 10.8 Å². The van der Waals surface area contributed by atoms with Crippen molar-refractivity contribution in [1.82, 2.24) is 9.80 Å². The number of allylic oxidation sites excluding steroid dienone is 1. The van der Waals surface area contributed by atoms with Crippen LogP contribution in [-0.4, -0.2) is 41.7 Å². The zero-order valence-electron chi connectivity index (χ0n) is 12.3. The van der Waals surface area contributed by atoms with E-state index in [2.05, 4.69) is 6.58 Å². The number of hydrogen-bond donors (Lipinski definition) is 0. The van der Waals surface area contributed by atoms with E-state index >= 15 is 0 Å². The smallest absolute Gasteiger partial charge is 0.273 e. The summed E-state index contributed by atoms with van der Waals surface area (Å²) in [5.41, 5.74) is -1.42. The molecule has 4 amide bonds. The van der Waals surface area contributed by atoms with Gasteiger partial charge in [-0.3, -0.25) is 19.4 Å². The Balaban J connectivity index is 3.34. The Kier molecular flexibility index (Phi) is 3.89. The number of imide groups is 2. The lowest BCUT2D eigenvalue weighted by Gasteiger charge is -2.43. The zero-order valence-corrected chi connectivity index (χ0v) is 12.3. The lowest BCUT2D eigenvalue weighted by molar-refractivity contribution is -0.159. The second-order valence-corrected chi connectivity index (χ2v) is 6.32. The molecular formula is C14H22N2O3.